The summed E-state index contributed by atoms with van der Waals surface area (Å²) in [4.78, 5) is 19.3. The number of aryl methyl sites for hydroxylation is 1. The average molecular weight is 564 g/mol. The summed E-state index contributed by atoms with van der Waals surface area (Å²) >= 11 is 14.6. The number of hydrogen-bond donors (Lipinski definition) is 0. The summed E-state index contributed by atoms with van der Waals surface area (Å²) in [7, 11) is 0. The van der Waals surface area contributed by atoms with Crippen LogP contribution in [0.3, 0.4) is 0 Å². The molecule has 2 aliphatic rings. The molecule has 0 spiro atoms. The lowest BCUT2D eigenvalue weighted by Gasteiger charge is -2.36. The van der Waals surface area contributed by atoms with Gasteiger partial charge in [-0.2, -0.15) is 0 Å². The van der Waals surface area contributed by atoms with Gasteiger partial charge in [0.25, 0.3) is 5.91 Å². The molecule has 3 nitrogen and oxygen atoms in total. The van der Waals surface area contributed by atoms with Crippen molar-refractivity contribution in [3.05, 3.63) is 91.1 Å². The Morgan fingerprint density at radius 2 is 1.78 bits per heavy atom. The predicted molar refractivity (Wildman–Crippen MR) is 154 cm³/mol. The zero-order valence-electron chi connectivity index (χ0n) is 20.8. The number of thiophene rings is 1. The van der Waals surface area contributed by atoms with Crippen LogP contribution in [-0.4, -0.2) is 41.9 Å². The van der Waals surface area contributed by atoms with E-state index in [1.54, 1.807) is 5.56 Å². The molecule has 0 saturated carbocycles. The largest absolute Gasteiger partial charge is 0.331 e. The van der Waals surface area contributed by atoms with E-state index in [1.165, 1.54) is 17.7 Å². The van der Waals surface area contributed by atoms with E-state index in [4.69, 9.17) is 23.2 Å². The monoisotopic (exact) mass is 562 g/mol. The van der Waals surface area contributed by atoms with Crippen molar-refractivity contribution >= 4 is 52.9 Å². The first-order valence-corrected chi connectivity index (χ1v) is 14.2. The molecule has 7 heteroatoms. The zero-order chi connectivity index (χ0) is 24.5. The summed E-state index contributed by atoms with van der Waals surface area (Å²) in [5, 5.41) is 3.36. The first kappa shape index (κ1) is 27.5. The summed E-state index contributed by atoms with van der Waals surface area (Å²) in [5.74, 6) is 0.956. The van der Waals surface area contributed by atoms with Crippen LogP contribution >= 0.6 is 46.9 Å². The van der Waals surface area contributed by atoms with Crippen LogP contribution < -0.4 is 0 Å². The number of amides is 1. The number of carbonyl (C=O) groups is 1. The fourth-order valence-corrected chi connectivity index (χ4v) is 7.13. The van der Waals surface area contributed by atoms with Gasteiger partial charge in [0.2, 0.25) is 0 Å². The third-order valence-electron chi connectivity index (χ3n) is 7.88. The molecule has 192 valence electrons. The molecule has 1 aromatic heterocycles. The lowest BCUT2D eigenvalue weighted by atomic mass is 9.83. The van der Waals surface area contributed by atoms with Crippen molar-refractivity contribution in [2.45, 2.75) is 51.0 Å². The maximum Gasteiger partial charge on any atom is 0.254 e. The van der Waals surface area contributed by atoms with E-state index in [0.29, 0.717) is 22.5 Å². The summed E-state index contributed by atoms with van der Waals surface area (Å²) in [6.45, 7) is 8.23. The van der Waals surface area contributed by atoms with Crippen LogP contribution in [0.25, 0.3) is 0 Å². The van der Waals surface area contributed by atoms with Gasteiger partial charge in [0.1, 0.15) is 0 Å². The van der Waals surface area contributed by atoms with E-state index < -0.39 is 0 Å². The van der Waals surface area contributed by atoms with Crippen molar-refractivity contribution in [2.24, 2.45) is 0 Å². The Morgan fingerprint density at radius 3 is 2.44 bits per heavy atom. The van der Waals surface area contributed by atoms with Crippen LogP contribution in [0.5, 0.6) is 0 Å². The highest BCUT2D eigenvalue weighted by Gasteiger charge is 2.41. The van der Waals surface area contributed by atoms with Gasteiger partial charge in [-0.15, -0.1) is 23.7 Å². The highest BCUT2D eigenvalue weighted by Crippen LogP contribution is 2.45. The van der Waals surface area contributed by atoms with Gasteiger partial charge < -0.3 is 9.80 Å². The summed E-state index contributed by atoms with van der Waals surface area (Å²) in [6, 6.07) is 16.4. The summed E-state index contributed by atoms with van der Waals surface area (Å²) in [6.07, 6.45) is 3.38. The molecule has 1 amide bonds. The molecule has 2 aromatic carbocycles. The average Bonchev–Trinajstić information content (AvgIpc) is 3.42. The Kier molecular flexibility index (Phi) is 9.06. The Morgan fingerprint density at radius 1 is 1.03 bits per heavy atom. The van der Waals surface area contributed by atoms with E-state index in [2.05, 4.69) is 42.3 Å². The zero-order valence-corrected chi connectivity index (χ0v) is 23.9. The molecule has 3 heterocycles. The maximum absolute atomic E-state index is 13.2. The number of benzene rings is 2. The van der Waals surface area contributed by atoms with E-state index in [1.807, 2.05) is 46.6 Å². The van der Waals surface area contributed by atoms with Crippen LogP contribution in [0.1, 0.15) is 76.0 Å². The van der Waals surface area contributed by atoms with E-state index in [0.717, 1.165) is 42.7 Å². The van der Waals surface area contributed by atoms with Gasteiger partial charge in [0.15, 0.2) is 0 Å². The van der Waals surface area contributed by atoms with Crippen molar-refractivity contribution in [1.82, 2.24) is 9.80 Å². The SMILES string of the molecule is CCN1C(=O)c2ccccc2C1C(CCN1CCC(c2ccsc2C)CC1)c1ccc(Cl)c(Cl)c1.Cl. The maximum atomic E-state index is 13.2. The number of halogens is 3. The molecule has 1 fully saturated rings. The number of rotatable bonds is 7. The highest BCUT2D eigenvalue weighted by atomic mass is 35.5. The topological polar surface area (TPSA) is 23.6 Å². The fraction of sp³-hybridized carbons (Fsp3) is 0.414. The number of likely N-dealkylation sites (N-methyl/N-ethyl adjacent to an activating group) is 1. The molecule has 0 radical (unpaired) electrons. The standard InChI is InChI=1S/C29H32Cl2N2OS.ClH/c1-3-33-28(24-6-4-5-7-25(24)29(33)34)23(21-8-9-26(30)27(31)18-21)12-16-32-14-10-20(11-15-32)22-13-17-35-19(22)2;/h4-9,13,17-18,20,23,28H,3,10-12,14-16H2,1-2H3;1H. The van der Waals surface area contributed by atoms with Gasteiger partial charge in [-0.1, -0.05) is 47.5 Å². The van der Waals surface area contributed by atoms with Crippen LogP contribution in [0, 0.1) is 6.92 Å². The molecule has 36 heavy (non-hydrogen) atoms. The Hall–Kier alpha value is -1.56. The molecule has 5 rings (SSSR count). The quantitative estimate of drug-likeness (QED) is 0.288. The number of hydrogen-bond acceptors (Lipinski definition) is 3. The van der Waals surface area contributed by atoms with Gasteiger partial charge in [0.05, 0.1) is 16.1 Å². The van der Waals surface area contributed by atoms with Crippen molar-refractivity contribution < 1.29 is 4.79 Å². The van der Waals surface area contributed by atoms with Gasteiger partial charge in [-0.05, 0) is 105 Å². The highest BCUT2D eigenvalue weighted by molar-refractivity contribution is 7.10. The summed E-state index contributed by atoms with van der Waals surface area (Å²) in [5.41, 5.74) is 4.65. The van der Waals surface area contributed by atoms with Gasteiger partial charge >= 0.3 is 0 Å². The van der Waals surface area contributed by atoms with Gasteiger partial charge in [-0.3, -0.25) is 4.79 Å². The number of likely N-dealkylation sites (tertiary alicyclic amines) is 1. The van der Waals surface area contributed by atoms with Crippen molar-refractivity contribution in [2.75, 3.05) is 26.2 Å². The third-order valence-corrected chi connectivity index (χ3v) is 9.48. The Bertz CT molecular complexity index is 1200. The minimum absolute atomic E-state index is 0. The third kappa shape index (κ3) is 5.35. The second-order valence-corrected chi connectivity index (χ2v) is 11.7. The lowest BCUT2D eigenvalue weighted by molar-refractivity contribution is 0.0703. The predicted octanol–water partition coefficient (Wildman–Crippen LogP) is 8.36. The fourth-order valence-electron chi connectivity index (χ4n) is 6.03. The molecular weight excluding hydrogens is 531 g/mol. The molecule has 0 bridgehead atoms. The van der Waals surface area contributed by atoms with Gasteiger partial charge in [0, 0.05) is 22.9 Å². The summed E-state index contributed by atoms with van der Waals surface area (Å²) < 4.78 is 0. The molecule has 2 unspecified atom stereocenters. The molecule has 3 aromatic rings. The molecule has 2 atom stereocenters. The van der Waals surface area contributed by atoms with Crippen LogP contribution in [-0.2, 0) is 0 Å². The Balaban J connectivity index is 0.00000304. The van der Waals surface area contributed by atoms with Crippen LogP contribution in [0.2, 0.25) is 10.0 Å². The smallest absolute Gasteiger partial charge is 0.254 e. The van der Waals surface area contributed by atoms with E-state index in [9.17, 15) is 4.79 Å². The van der Waals surface area contributed by atoms with Crippen molar-refractivity contribution in [3.63, 3.8) is 0 Å². The molecular formula is C29H33Cl3N2OS. The van der Waals surface area contributed by atoms with E-state index in [-0.39, 0.29) is 30.3 Å². The Labute approximate surface area is 234 Å². The normalized spacial score (nSPS) is 19.3. The lowest BCUT2D eigenvalue weighted by Crippen LogP contribution is -2.36. The number of fused-ring (bicyclic) bond motifs is 1. The first-order valence-electron chi connectivity index (χ1n) is 12.6. The first-order chi connectivity index (χ1) is 17.0. The van der Waals surface area contributed by atoms with Crippen LogP contribution in [0.4, 0.5) is 0 Å². The molecule has 0 N–H and O–H groups in total. The van der Waals surface area contributed by atoms with Crippen molar-refractivity contribution in [3.8, 4) is 0 Å². The number of piperidine rings is 1. The number of carbonyl (C=O) groups excluding carboxylic acids is 1. The van der Waals surface area contributed by atoms with Gasteiger partial charge in [-0.25, -0.2) is 0 Å². The van der Waals surface area contributed by atoms with Crippen molar-refractivity contribution in [1.29, 1.82) is 0 Å². The second kappa shape index (κ2) is 11.9. The minimum Gasteiger partial charge on any atom is -0.331 e. The van der Waals surface area contributed by atoms with Crippen LogP contribution in [0.15, 0.2) is 53.9 Å². The molecule has 0 aliphatic carbocycles. The molecule has 1 saturated heterocycles. The molecule has 2 aliphatic heterocycles. The minimum atomic E-state index is 0. The second-order valence-electron chi connectivity index (χ2n) is 9.74. The number of nitrogens with zero attached hydrogens (tertiary/aromatic N) is 2. The van der Waals surface area contributed by atoms with E-state index >= 15 is 0 Å².